The van der Waals surface area contributed by atoms with Crippen LogP contribution in [0.1, 0.15) is 41.0 Å². The number of esters is 3. The Balaban J connectivity index is 1.47. The molecule has 6 N–H and O–H groups in total. The number of allylic oxidation sites excluding steroid dienone is 3. The number of carbonyl (C=O) groups is 4. The summed E-state index contributed by atoms with van der Waals surface area (Å²) in [5.41, 5.74) is -4.45. The maximum atomic E-state index is 13.8. The Morgan fingerprint density at radius 1 is 1.06 bits per heavy atom. The number of carbonyl (C=O) groups excluding carboxylic acids is 4. The lowest BCUT2D eigenvalue weighted by atomic mass is 9.38. The summed E-state index contributed by atoms with van der Waals surface area (Å²) in [6.45, 7) is 7.69. The minimum atomic E-state index is -2.34. The topological polar surface area (TPSA) is 245 Å². The first-order valence-corrected chi connectivity index (χ1v) is 16.8. The molecule has 0 radical (unpaired) electrons. The van der Waals surface area contributed by atoms with Crippen molar-refractivity contribution in [1.82, 2.24) is 0 Å². The van der Waals surface area contributed by atoms with Gasteiger partial charge in [0.1, 0.15) is 36.6 Å². The summed E-state index contributed by atoms with van der Waals surface area (Å²) in [7, 11) is 1.06. The van der Waals surface area contributed by atoms with Gasteiger partial charge in [-0.2, -0.15) is 0 Å². The van der Waals surface area contributed by atoms with Gasteiger partial charge >= 0.3 is 17.9 Å². The van der Waals surface area contributed by atoms with E-state index in [1.54, 1.807) is 20.8 Å². The molecule has 50 heavy (non-hydrogen) atoms. The van der Waals surface area contributed by atoms with E-state index >= 15 is 0 Å². The highest BCUT2D eigenvalue weighted by molar-refractivity contribution is 5.97. The summed E-state index contributed by atoms with van der Waals surface area (Å²) in [5.74, 6) is -7.88. The normalized spacial score (nSPS) is 48.2. The molecule has 5 fully saturated rings. The van der Waals surface area contributed by atoms with E-state index in [9.17, 15) is 49.8 Å². The monoisotopic (exact) mass is 710 g/mol. The molecule has 3 heterocycles. The molecule has 2 saturated carbocycles. The van der Waals surface area contributed by atoms with Gasteiger partial charge in [-0.3, -0.25) is 4.79 Å². The van der Waals surface area contributed by atoms with Crippen molar-refractivity contribution >= 4 is 23.7 Å². The number of rotatable bonds is 7. The third-order valence-corrected chi connectivity index (χ3v) is 12.4. The highest BCUT2D eigenvalue weighted by Crippen LogP contribution is 2.72. The van der Waals surface area contributed by atoms with Crippen molar-refractivity contribution in [2.24, 2.45) is 40.4 Å². The molecule has 6 aliphatic rings. The molecule has 16 atom stereocenters. The average Bonchev–Trinajstić information content (AvgIpc) is 3.38. The minimum absolute atomic E-state index is 0.0294. The molecule has 0 amide bonds. The predicted octanol–water partition coefficient (Wildman–Crippen LogP) is -1.73. The number of Topliss-reactive ketones (excluding diaryl/α,β-unsaturated/α-hetero) is 1. The molecule has 0 aromatic carbocycles. The molecule has 3 aliphatic carbocycles. The zero-order valence-corrected chi connectivity index (χ0v) is 28.6. The lowest BCUT2D eigenvalue weighted by molar-refractivity contribution is -0.296. The van der Waals surface area contributed by atoms with E-state index in [1.165, 1.54) is 12.2 Å². The highest BCUT2D eigenvalue weighted by atomic mass is 16.7. The second kappa shape index (κ2) is 12.6. The Morgan fingerprint density at radius 2 is 1.74 bits per heavy atom. The molecule has 16 nitrogen and oxygen atoms in total. The van der Waals surface area contributed by atoms with Gasteiger partial charge in [0, 0.05) is 23.3 Å². The lowest BCUT2D eigenvalue weighted by Crippen LogP contribution is -2.79. The first kappa shape index (κ1) is 36.8. The SMILES string of the molecule is COC(=O)[C@@]12OC[C@]34[C@H]([C@@H](O)[C@@H]1O)[C@@]1(C)C=C(O[C@@H]5O[C@H](CO)[C@@H](O)[C@H](O)[C@H]5O)C(=O)C(C)[C@@H]1C[C@H]3OC(=O)[C@H](OC(=O)/C=C(\C)C(C)C)[C@@H]24. The maximum Gasteiger partial charge on any atom is 0.348 e. The van der Waals surface area contributed by atoms with Gasteiger partial charge in [0.05, 0.1) is 32.3 Å². The number of fused-ring (bicyclic) bond motifs is 2. The zero-order chi connectivity index (χ0) is 36.8. The van der Waals surface area contributed by atoms with Crippen LogP contribution in [0.3, 0.4) is 0 Å². The van der Waals surface area contributed by atoms with Crippen molar-refractivity contribution in [3.63, 3.8) is 0 Å². The van der Waals surface area contributed by atoms with Gasteiger partial charge in [0.2, 0.25) is 18.0 Å². The van der Waals surface area contributed by atoms with Gasteiger partial charge in [-0.25, -0.2) is 14.4 Å². The molecule has 1 spiro atoms. The van der Waals surface area contributed by atoms with E-state index in [0.717, 1.165) is 7.11 Å². The Bertz CT molecular complexity index is 1490. The third kappa shape index (κ3) is 4.94. The smallest absolute Gasteiger partial charge is 0.348 e. The quantitative estimate of drug-likeness (QED) is 0.0976. The van der Waals surface area contributed by atoms with Crippen LogP contribution < -0.4 is 0 Å². The largest absolute Gasteiger partial charge is 0.467 e. The molecular weight excluding hydrogens is 664 g/mol. The van der Waals surface area contributed by atoms with Crippen LogP contribution in [-0.4, -0.2) is 135 Å². The van der Waals surface area contributed by atoms with Crippen LogP contribution in [0.4, 0.5) is 0 Å². The van der Waals surface area contributed by atoms with Crippen molar-refractivity contribution in [1.29, 1.82) is 0 Å². The van der Waals surface area contributed by atoms with Crippen molar-refractivity contribution in [2.75, 3.05) is 20.3 Å². The molecule has 1 unspecified atom stereocenters. The van der Waals surface area contributed by atoms with Crippen LogP contribution in [0, 0.1) is 40.4 Å². The van der Waals surface area contributed by atoms with Crippen molar-refractivity contribution in [2.45, 2.75) is 102 Å². The van der Waals surface area contributed by atoms with Gasteiger partial charge in [0.25, 0.3) is 0 Å². The first-order chi connectivity index (χ1) is 23.4. The van der Waals surface area contributed by atoms with Crippen LogP contribution in [-0.2, 0) is 47.6 Å². The molecule has 0 aromatic rings. The van der Waals surface area contributed by atoms with Crippen molar-refractivity contribution < 1.29 is 78.2 Å². The van der Waals surface area contributed by atoms with Gasteiger partial charge in [-0.15, -0.1) is 0 Å². The Hall–Kier alpha value is -2.96. The number of methoxy groups -OCH3 is 1. The first-order valence-electron chi connectivity index (χ1n) is 16.8. The fraction of sp³-hybridized carbons (Fsp3) is 0.765. The second-order valence-electron chi connectivity index (χ2n) is 15.1. The van der Waals surface area contributed by atoms with Crippen molar-refractivity contribution in [3.05, 3.63) is 23.5 Å². The fourth-order valence-electron chi connectivity index (χ4n) is 9.69. The summed E-state index contributed by atoms with van der Waals surface area (Å²) >= 11 is 0. The molecule has 3 saturated heterocycles. The number of aliphatic hydroxyl groups excluding tert-OH is 6. The van der Waals surface area contributed by atoms with Crippen molar-refractivity contribution in [3.8, 4) is 0 Å². The van der Waals surface area contributed by atoms with Gasteiger partial charge in [-0.1, -0.05) is 33.3 Å². The van der Waals surface area contributed by atoms with Gasteiger partial charge < -0.3 is 59.1 Å². The standard InChI is InChI=1S/C34H46O16/c1-12(2)13(3)7-19(36)50-25-27-33-11-46-34(27,31(44)45-6)28(42)24(41)26(33)32(5)9-16(20(37)14(4)15(32)8-18(33)49-29(25)43)47-30-23(40)22(39)21(38)17(10-35)48-30/h7,9,12,14-15,17-18,21-28,30,35,38-42H,8,10-11H2,1-6H3/b13-7+/t14?,15-,17+,18+,21+,22-,23+,24+,25+,26+,27+,28-,30+,32-,33+,34-/m0/s1. The summed E-state index contributed by atoms with van der Waals surface area (Å²) in [6, 6.07) is 0. The van der Waals surface area contributed by atoms with Crippen LogP contribution in [0.2, 0.25) is 0 Å². The van der Waals surface area contributed by atoms with E-state index in [-0.39, 0.29) is 24.7 Å². The van der Waals surface area contributed by atoms with Crippen LogP contribution >= 0.6 is 0 Å². The zero-order valence-electron chi connectivity index (χ0n) is 28.6. The van der Waals surface area contributed by atoms with Gasteiger partial charge in [-0.05, 0) is 36.7 Å². The van der Waals surface area contributed by atoms with Gasteiger partial charge in [0.15, 0.2) is 11.5 Å². The fourth-order valence-corrected chi connectivity index (χ4v) is 9.69. The molecule has 6 rings (SSSR count). The molecule has 0 aromatic heterocycles. The Kier molecular flexibility index (Phi) is 9.29. The minimum Gasteiger partial charge on any atom is -0.467 e. The summed E-state index contributed by atoms with van der Waals surface area (Å²) < 4.78 is 34.4. The summed E-state index contributed by atoms with van der Waals surface area (Å²) in [5, 5.41) is 64.8. The highest BCUT2D eigenvalue weighted by Gasteiger charge is 2.85. The Labute approximate surface area is 287 Å². The molecule has 2 bridgehead atoms. The number of hydrogen-bond acceptors (Lipinski definition) is 16. The number of ketones is 1. The second-order valence-corrected chi connectivity index (χ2v) is 15.1. The van der Waals surface area contributed by atoms with E-state index < -0.39 is 126 Å². The third-order valence-electron chi connectivity index (χ3n) is 12.4. The molecule has 16 heteroatoms. The summed E-state index contributed by atoms with van der Waals surface area (Å²) in [4.78, 5) is 54.5. The van der Waals surface area contributed by atoms with Crippen LogP contribution in [0.5, 0.6) is 0 Å². The van der Waals surface area contributed by atoms with E-state index in [1.807, 2.05) is 13.8 Å². The Morgan fingerprint density at radius 3 is 2.36 bits per heavy atom. The number of aliphatic hydroxyl groups is 6. The number of ether oxygens (including phenoxy) is 6. The number of hydrogen-bond donors (Lipinski definition) is 6. The van der Waals surface area contributed by atoms with E-state index in [4.69, 9.17) is 28.4 Å². The maximum absolute atomic E-state index is 13.8. The summed E-state index contributed by atoms with van der Waals surface area (Å²) in [6.07, 6.45) is -12.2. The van der Waals surface area contributed by atoms with E-state index in [2.05, 4.69) is 0 Å². The molecule has 3 aliphatic heterocycles. The van der Waals surface area contributed by atoms with Crippen LogP contribution in [0.25, 0.3) is 0 Å². The van der Waals surface area contributed by atoms with Crippen LogP contribution in [0.15, 0.2) is 23.5 Å². The molecule has 278 valence electrons. The lowest BCUT2D eigenvalue weighted by Gasteiger charge is -2.67. The predicted molar refractivity (Wildman–Crippen MR) is 164 cm³/mol. The molecular formula is C34H46O16. The van der Waals surface area contributed by atoms with E-state index in [0.29, 0.717) is 5.57 Å². The average molecular weight is 711 g/mol.